The highest BCUT2D eigenvalue weighted by Crippen LogP contribution is 2.29. The number of hydrogen-bond acceptors (Lipinski definition) is 3. The molecule has 32 heavy (non-hydrogen) atoms. The third-order valence-corrected chi connectivity index (χ3v) is 7.12. The van der Waals surface area contributed by atoms with Crippen molar-refractivity contribution in [1.82, 2.24) is 16.0 Å². The van der Waals surface area contributed by atoms with E-state index in [1.54, 1.807) is 0 Å². The van der Waals surface area contributed by atoms with E-state index >= 15 is 0 Å². The zero-order valence-electron chi connectivity index (χ0n) is 20.0. The number of aliphatic imine (C=N–C) groups is 1. The van der Waals surface area contributed by atoms with Gasteiger partial charge in [-0.15, -0.1) is 0 Å². The van der Waals surface area contributed by atoms with E-state index in [9.17, 15) is 9.59 Å². The van der Waals surface area contributed by atoms with E-state index in [0.717, 1.165) is 55.5 Å². The van der Waals surface area contributed by atoms with E-state index < -0.39 is 6.17 Å². The highest BCUT2D eigenvalue weighted by molar-refractivity contribution is 6.09. The largest absolute Gasteiger partial charge is 0.335 e. The first-order chi connectivity index (χ1) is 15.6. The van der Waals surface area contributed by atoms with E-state index in [1.807, 2.05) is 26.0 Å². The van der Waals surface area contributed by atoms with E-state index in [4.69, 9.17) is 4.99 Å². The van der Waals surface area contributed by atoms with Gasteiger partial charge >= 0.3 is 6.03 Å². The Bertz CT molecular complexity index is 724. The monoisotopic (exact) mass is 442 g/mol. The van der Waals surface area contributed by atoms with Crippen LogP contribution in [0.25, 0.3) is 0 Å². The van der Waals surface area contributed by atoms with Crippen molar-refractivity contribution in [2.45, 2.75) is 116 Å². The maximum atomic E-state index is 13.0. The highest BCUT2D eigenvalue weighted by Gasteiger charge is 2.31. The number of nitrogens with zero attached hydrogens (tertiary/aromatic N) is 1. The molecule has 0 unspecified atom stereocenters. The number of carbonyl (C=O) groups excluding carboxylic acids is 2. The zero-order valence-corrected chi connectivity index (χ0v) is 20.0. The van der Waals surface area contributed by atoms with Gasteiger partial charge in [-0.3, -0.25) is 9.79 Å². The maximum Gasteiger partial charge on any atom is 0.317 e. The van der Waals surface area contributed by atoms with Gasteiger partial charge in [-0.05, 0) is 39.5 Å². The SMILES string of the molecule is C/C=C1/NC(=O)[C@H](NC(=O)NC2CCCCCCC2)N=C(C2CCCCCCC2)/C1=C/C. The van der Waals surface area contributed by atoms with Crippen molar-refractivity contribution in [3.63, 3.8) is 0 Å². The van der Waals surface area contributed by atoms with Crippen molar-refractivity contribution in [3.8, 4) is 0 Å². The Morgan fingerprint density at radius 3 is 1.97 bits per heavy atom. The molecule has 2 saturated carbocycles. The molecule has 0 radical (unpaired) electrons. The second kappa shape index (κ2) is 12.8. The molecule has 1 heterocycles. The molecule has 1 aliphatic heterocycles. The Kier molecular flexibility index (Phi) is 9.82. The lowest BCUT2D eigenvalue weighted by Crippen LogP contribution is -2.50. The van der Waals surface area contributed by atoms with Crippen LogP contribution < -0.4 is 16.0 Å². The summed E-state index contributed by atoms with van der Waals surface area (Å²) < 4.78 is 0. The van der Waals surface area contributed by atoms with Crippen molar-refractivity contribution >= 4 is 17.6 Å². The molecule has 3 amide bonds. The van der Waals surface area contributed by atoms with Crippen molar-refractivity contribution < 1.29 is 9.59 Å². The Morgan fingerprint density at radius 1 is 0.844 bits per heavy atom. The molecule has 2 aliphatic carbocycles. The third-order valence-electron chi connectivity index (χ3n) is 7.12. The minimum Gasteiger partial charge on any atom is -0.335 e. The Morgan fingerprint density at radius 2 is 1.41 bits per heavy atom. The van der Waals surface area contributed by atoms with Gasteiger partial charge in [-0.25, -0.2) is 4.79 Å². The smallest absolute Gasteiger partial charge is 0.317 e. The van der Waals surface area contributed by atoms with E-state index in [-0.39, 0.29) is 18.0 Å². The number of rotatable bonds is 3. The molecule has 6 nitrogen and oxygen atoms in total. The van der Waals surface area contributed by atoms with Crippen molar-refractivity contribution in [2.75, 3.05) is 0 Å². The van der Waals surface area contributed by atoms with E-state index in [0.29, 0.717) is 5.92 Å². The molecule has 0 spiro atoms. The molecular weight excluding hydrogens is 400 g/mol. The summed E-state index contributed by atoms with van der Waals surface area (Å²) in [7, 11) is 0. The maximum absolute atomic E-state index is 13.0. The molecule has 0 aromatic heterocycles. The molecule has 178 valence electrons. The second-order valence-electron chi connectivity index (χ2n) is 9.51. The predicted octanol–water partition coefficient (Wildman–Crippen LogP) is 5.51. The Balaban J connectivity index is 1.78. The van der Waals surface area contributed by atoms with Crippen LogP contribution in [0.5, 0.6) is 0 Å². The standard InChI is InChI=1S/C26H42N4O2/c1-3-21-22(4-2)28-25(31)24(29-23(21)19-15-11-7-5-8-12-16-19)30-26(32)27-20-17-13-9-6-10-14-18-20/h3-4,19-20,24H,5-18H2,1-2H3,(H,28,31)(H2,27,30,32)/b21-3+,22-4+/t24-/m0/s1. The number of amides is 3. The average Bonchev–Trinajstić information content (AvgIpc) is 2.86. The second-order valence-corrected chi connectivity index (χ2v) is 9.51. The van der Waals surface area contributed by atoms with E-state index in [1.165, 1.54) is 51.4 Å². The summed E-state index contributed by atoms with van der Waals surface area (Å²) >= 11 is 0. The first-order valence-electron chi connectivity index (χ1n) is 12.9. The van der Waals surface area contributed by atoms with Crippen molar-refractivity contribution in [3.05, 3.63) is 23.4 Å². The lowest BCUT2D eigenvalue weighted by Gasteiger charge is -2.24. The van der Waals surface area contributed by atoms with Crippen LogP contribution in [0.1, 0.15) is 104 Å². The fourth-order valence-corrected chi connectivity index (χ4v) is 5.31. The summed E-state index contributed by atoms with van der Waals surface area (Å²) in [6.45, 7) is 3.93. The van der Waals surface area contributed by atoms with Gasteiger partial charge in [0.1, 0.15) is 0 Å². The zero-order chi connectivity index (χ0) is 22.8. The minimum atomic E-state index is -0.906. The molecule has 6 heteroatoms. The number of carbonyl (C=O) groups is 2. The van der Waals surface area contributed by atoms with Crippen LogP contribution in [0.15, 0.2) is 28.4 Å². The average molecular weight is 443 g/mol. The number of hydrogen-bond donors (Lipinski definition) is 3. The first kappa shape index (κ1) is 24.5. The molecule has 1 atom stereocenters. The van der Waals surface area contributed by atoms with Gasteiger partial charge < -0.3 is 16.0 Å². The van der Waals surface area contributed by atoms with Gasteiger partial charge in [-0.1, -0.05) is 76.4 Å². The molecule has 0 aromatic rings. The number of allylic oxidation sites excluding steroid dienone is 3. The van der Waals surface area contributed by atoms with Crippen LogP contribution in [0.4, 0.5) is 4.79 Å². The summed E-state index contributed by atoms with van der Waals surface area (Å²) in [6, 6.07) is -0.113. The van der Waals surface area contributed by atoms with Gasteiger partial charge in [0.2, 0.25) is 6.17 Å². The minimum absolute atomic E-state index is 0.176. The summed E-state index contributed by atoms with van der Waals surface area (Å²) in [5, 5.41) is 8.98. The highest BCUT2D eigenvalue weighted by atomic mass is 16.2. The Labute approximate surface area is 193 Å². The molecular formula is C26H42N4O2. The number of urea groups is 1. The van der Waals surface area contributed by atoms with Gasteiger partial charge in [0, 0.05) is 23.2 Å². The van der Waals surface area contributed by atoms with Gasteiger partial charge in [0.25, 0.3) is 5.91 Å². The first-order valence-corrected chi connectivity index (χ1v) is 12.9. The summed E-state index contributed by atoms with van der Waals surface area (Å²) in [4.78, 5) is 30.7. The topological polar surface area (TPSA) is 82.6 Å². The third kappa shape index (κ3) is 6.94. The normalized spacial score (nSPS) is 27.4. The Hall–Kier alpha value is -2.11. The van der Waals surface area contributed by atoms with Crippen LogP contribution in [-0.2, 0) is 4.79 Å². The molecule has 3 aliphatic rings. The summed E-state index contributed by atoms with van der Waals surface area (Å²) in [5.41, 5.74) is 2.76. The molecule has 2 fully saturated rings. The van der Waals surface area contributed by atoms with Crippen molar-refractivity contribution in [1.29, 1.82) is 0 Å². The molecule has 0 saturated heterocycles. The van der Waals surface area contributed by atoms with E-state index in [2.05, 4.69) is 16.0 Å². The van der Waals surface area contributed by atoms with Crippen LogP contribution in [-0.4, -0.2) is 29.9 Å². The van der Waals surface area contributed by atoms with Crippen LogP contribution in [0.2, 0.25) is 0 Å². The van der Waals surface area contributed by atoms with Crippen LogP contribution in [0.3, 0.4) is 0 Å². The van der Waals surface area contributed by atoms with Crippen LogP contribution in [0, 0.1) is 5.92 Å². The van der Waals surface area contributed by atoms with Gasteiger partial charge in [0.15, 0.2) is 0 Å². The lowest BCUT2D eigenvalue weighted by molar-refractivity contribution is -0.121. The quantitative estimate of drug-likeness (QED) is 0.539. The summed E-state index contributed by atoms with van der Waals surface area (Å²) in [5.74, 6) is 0.0493. The summed E-state index contributed by atoms with van der Waals surface area (Å²) in [6.07, 6.45) is 19.5. The molecule has 0 aromatic carbocycles. The molecule has 3 rings (SSSR count). The molecule has 0 bridgehead atoms. The fraction of sp³-hybridized carbons (Fsp3) is 0.731. The fourth-order valence-electron chi connectivity index (χ4n) is 5.31. The predicted molar refractivity (Wildman–Crippen MR) is 130 cm³/mol. The molecule has 3 N–H and O–H groups in total. The van der Waals surface area contributed by atoms with Crippen LogP contribution >= 0.6 is 0 Å². The lowest BCUT2D eigenvalue weighted by atomic mass is 9.84. The van der Waals surface area contributed by atoms with Gasteiger partial charge in [-0.2, -0.15) is 0 Å². The van der Waals surface area contributed by atoms with Gasteiger partial charge in [0.05, 0.1) is 5.71 Å². The number of nitrogens with one attached hydrogen (secondary N) is 3. The van der Waals surface area contributed by atoms with Crippen molar-refractivity contribution in [2.24, 2.45) is 10.9 Å².